The van der Waals surface area contributed by atoms with Crippen LogP contribution in [0.25, 0.3) is 10.9 Å². The maximum Gasteiger partial charge on any atom is 0.220 e. The molecule has 4 nitrogen and oxygen atoms in total. The Balaban J connectivity index is 1.38. The first-order valence-corrected chi connectivity index (χ1v) is 13.1. The quantitative estimate of drug-likeness (QED) is 0.307. The molecule has 2 aromatic carbocycles. The average Bonchev–Trinajstić information content (AvgIpc) is 3.27. The second-order valence-corrected chi connectivity index (χ2v) is 9.84. The lowest BCUT2D eigenvalue weighted by atomic mass is 9.75. The third-order valence-corrected chi connectivity index (χ3v) is 7.47. The Morgan fingerprint density at radius 3 is 2.51 bits per heavy atom. The Kier molecular flexibility index (Phi) is 7.57. The van der Waals surface area contributed by atoms with Crippen molar-refractivity contribution < 1.29 is 4.79 Å². The van der Waals surface area contributed by atoms with Gasteiger partial charge in [0.15, 0.2) is 0 Å². The maximum absolute atomic E-state index is 13.2. The maximum atomic E-state index is 13.2. The summed E-state index contributed by atoms with van der Waals surface area (Å²) in [5.74, 6) is 0.949. The van der Waals surface area contributed by atoms with Crippen molar-refractivity contribution in [2.24, 2.45) is 5.92 Å². The van der Waals surface area contributed by atoms with Crippen LogP contribution in [-0.4, -0.2) is 22.0 Å². The number of nitrogens with one attached hydrogen (secondary N) is 1. The Hall–Kier alpha value is -3.40. The summed E-state index contributed by atoms with van der Waals surface area (Å²) in [4.78, 5) is 17.5. The lowest BCUT2D eigenvalue weighted by Crippen LogP contribution is -2.29. The van der Waals surface area contributed by atoms with Crippen LogP contribution in [0.5, 0.6) is 0 Å². The van der Waals surface area contributed by atoms with E-state index in [0.29, 0.717) is 18.9 Å². The van der Waals surface area contributed by atoms with Gasteiger partial charge in [-0.25, -0.2) is 0 Å². The fourth-order valence-electron chi connectivity index (χ4n) is 5.70. The van der Waals surface area contributed by atoms with Gasteiger partial charge in [-0.2, -0.15) is 0 Å². The zero-order valence-electron chi connectivity index (χ0n) is 20.4. The van der Waals surface area contributed by atoms with E-state index in [0.717, 1.165) is 18.7 Å². The van der Waals surface area contributed by atoms with E-state index < -0.39 is 0 Å². The Bertz CT molecular complexity index is 1230. The molecule has 4 aromatic rings. The van der Waals surface area contributed by atoms with Crippen LogP contribution in [0.15, 0.2) is 85.2 Å². The number of rotatable bonds is 9. The molecule has 0 bridgehead atoms. The van der Waals surface area contributed by atoms with Crippen molar-refractivity contribution in [3.63, 3.8) is 0 Å². The number of benzene rings is 2. The Labute approximate surface area is 208 Å². The summed E-state index contributed by atoms with van der Waals surface area (Å²) in [6.45, 7) is 1.47. The van der Waals surface area contributed by atoms with Gasteiger partial charge in [0.1, 0.15) is 0 Å². The van der Waals surface area contributed by atoms with Gasteiger partial charge in [-0.3, -0.25) is 9.78 Å². The van der Waals surface area contributed by atoms with Crippen LogP contribution in [0, 0.1) is 5.92 Å². The van der Waals surface area contributed by atoms with Crippen LogP contribution in [0.1, 0.15) is 61.3 Å². The molecule has 0 aliphatic heterocycles. The molecular weight excluding hydrogens is 430 g/mol. The van der Waals surface area contributed by atoms with Gasteiger partial charge in [-0.15, -0.1) is 0 Å². The van der Waals surface area contributed by atoms with Gasteiger partial charge >= 0.3 is 0 Å². The molecule has 0 unspecified atom stereocenters. The molecule has 1 atom stereocenters. The SMILES string of the molecule is O=C(C[C@@H](c1cn(Cc2ccccc2)c2ccccc12)C1CCCCC1)NCCc1ccccn1. The van der Waals surface area contributed by atoms with Crippen molar-refractivity contribution in [3.05, 3.63) is 102 Å². The van der Waals surface area contributed by atoms with E-state index in [9.17, 15) is 4.79 Å². The fourth-order valence-corrected chi connectivity index (χ4v) is 5.70. The molecule has 35 heavy (non-hydrogen) atoms. The molecule has 180 valence electrons. The molecule has 1 fully saturated rings. The highest BCUT2D eigenvalue weighted by Gasteiger charge is 2.29. The average molecular weight is 466 g/mol. The summed E-state index contributed by atoms with van der Waals surface area (Å²) in [5.41, 5.74) is 4.90. The highest BCUT2D eigenvalue weighted by molar-refractivity contribution is 5.86. The number of aromatic nitrogens is 2. The van der Waals surface area contributed by atoms with Crippen molar-refractivity contribution in [2.75, 3.05) is 6.54 Å². The van der Waals surface area contributed by atoms with E-state index in [2.05, 4.69) is 75.7 Å². The molecule has 1 amide bonds. The minimum Gasteiger partial charge on any atom is -0.356 e. The van der Waals surface area contributed by atoms with E-state index in [1.54, 1.807) is 0 Å². The van der Waals surface area contributed by atoms with Gasteiger partial charge in [0.2, 0.25) is 5.91 Å². The Morgan fingerprint density at radius 1 is 0.943 bits per heavy atom. The third kappa shape index (κ3) is 5.82. The molecule has 4 heteroatoms. The molecule has 2 heterocycles. The van der Waals surface area contributed by atoms with Crippen molar-refractivity contribution in [3.8, 4) is 0 Å². The highest BCUT2D eigenvalue weighted by Crippen LogP contribution is 2.41. The molecule has 5 rings (SSSR count). The van der Waals surface area contributed by atoms with Crippen LogP contribution < -0.4 is 5.32 Å². The fraction of sp³-hybridized carbons (Fsp3) is 0.355. The number of carbonyl (C=O) groups excluding carboxylic acids is 1. The molecule has 0 saturated heterocycles. The second kappa shape index (κ2) is 11.4. The van der Waals surface area contributed by atoms with E-state index in [4.69, 9.17) is 0 Å². The second-order valence-electron chi connectivity index (χ2n) is 9.84. The predicted molar refractivity (Wildman–Crippen MR) is 142 cm³/mol. The zero-order valence-corrected chi connectivity index (χ0v) is 20.4. The standard InChI is InChI=1S/C31H35N3O/c35-31(33-20-18-26-15-9-10-19-32-26)21-28(25-13-5-2-6-14-25)29-23-34(22-24-11-3-1-4-12-24)30-17-8-7-16-27(29)30/h1,3-4,7-12,15-17,19,23,25,28H,2,5-6,13-14,18,20-22H2,(H,33,35)/t28-/m1/s1. The summed E-state index contributed by atoms with van der Waals surface area (Å²) in [7, 11) is 0. The predicted octanol–water partition coefficient (Wildman–Crippen LogP) is 6.50. The van der Waals surface area contributed by atoms with Gasteiger partial charge in [0.05, 0.1) is 0 Å². The van der Waals surface area contributed by atoms with Crippen molar-refractivity contribution >= 4 is 16.8 Å². The number of carbonyl (C=O) groups is 1. The van der Waals surface area contributed by atoms with Crippen molar-refractivity contribution in [1.82, 2.24) is 14.9 Å². The summed E-state index contributed by atoms with van der Waals surface area (Å²) < 4.78 is 2.37. The zero-order chi connectivity index (χ0) is 23.9. The van der Waals surface area contributed by atoms with Gasteiger partial charge in [0, 0.05) is 54.9 Å². The van der Waals surface area contributed by atoms with Gasteiger partial charge in [0.25, 0.3) is 0 Å². The number of para-hydroxylation sites is 1. The normalized spacial score (nSPS) is 15.2. The number of hydrogen-bond acceptors (Lipinski definition) is 2. The lowest BCUT2D eigenvalue weighted by Gasteiger charge is -2.30. The number of nitrogens with zero attached hydrogens (tertiary/aromatic N) is 2. The molecule has 0 spiro atoms. The first kappa shape index (κ1) is 23.3. The molecule has 1 saturated carbocycles. The smallest absolute Gasteiger partial charge is 0.220 e. The van der Waals surface area contributed by atoms with Crippen LogP contribution in [0.2, 0.25) is 0 Å². The summed E-state index contributed by atoms with van der Waals surface area (Å²) in [5, 5.41) is 4.47. The number of fused-ring (bicyclic) bond motifs is 1. The minimum absolute atomic E-state index is 0.149. The summed E-state index contributed by atoms with van der Waals surface area (Å²) >= 11 is 0. The summed E-state index contributed by atoms with van der Waals surface area (Å²) in [6.07, 6.45) is 11.7. The van der Waals surface area contributed by atoms with E-state index in [1.165, 1.54) is 54.1 Å². The molecule has 1 aliphatic carbocycles. The van der Waals surface area contributed by atoms with Crippen LogP contribution in [0.4, 0.5) is 0 Å². The van der Waals surface area contributed by atoms with Crippen molar-refractivity contribution in [1.29, 1.82) is 0 Å². The molecular formula is C31H35N3O. The third-order valence-electron chi connectivity index (χ3n) is 7.47. The van der Waals surface area contributed by atoms with Gasteiger partial charge in [-0.05, 0) is 54.0 Å². The van der Waals surface area contributed by atoms with Gasteiger partial charge < -0.3 is 9.88 Å². The highest BCUT2D eigenvalue weighted by atomic mass is 16.1. The van der Waals surface area contributed by atoms with Crippen LogP contribution in [0.3, 0.4) is 0 Å². The van der Waals surface area contributed by atoms with Crippen LogP contribution >= 0.6 is 0 Å². The summed E-state index contributed by atoms with van der Waals surface area (Å²) in [6, 6.07) is 25.3. The Morgan fingerprint density at radius 2 is 1.71 bits per heavy atom. The van der Waals surface area contributed by atoms with Gasteiger partial charge in [-0.1, -0.05) is 73.9 Å². The monoisotopic (exact) mass is 465 g/mol. The van der Waals surface area contributed by atoms with Crippen LogP contribution in [-0.2, 0) is 17.8 Å². The number of pyridine rings is 1. The van der Waals surface area contributed by atoms with E-state index >= 15 is 0 Å². The number of hydrogen-bond donors (Lipinski definition) is 1. The molecule has 2 aromatic heterocycles. The first-order chi connectivity index (χ1) is 17.3. The molecule has 0 radical (unpaired) electrons. The van der Waals surface area contributed by atoms with Crippen molar-refractivity contribution in [2.45, 2.75) is 57.4 Å². The van der Waals surface area contributed by atoms with E-state index in [-0.39, 0.29) is 11.8 Å². The lowest BCUT2D eigenvalue weighted by molar-refractivity contribution is -0.121. The molecule has 1 N–H and O–H groups in total. The first-order valence-electron chi connectivity index (χ1n) is 13.1. The topological polar surface area (TPSA) is 46.9 Å². The largest absolute Gasteiger partial charge is 0.356 e. The number of amides is 1. The van der Waals surface area contributed by atoms with E-state index in [1.807, 2.05) is 24.4 Å². The molecule has 1 aliphatic rings. The minimum atomic E-state index is 0.149.